The molecule has 0 aromatic heterocycles. The molecule has 2 aromatic rings. The summed E-state index contributed by atoms with van der Waals surface area (Å²) in [6.07, 6.45) is 0. The number of benzene rings is 2. The van der Waals surface area contributed by atoms with Crippen LogP contribution in [0.3, 0.4) is 0 Å². The average Bonchev–Trinajstić information content (AvgIpc) is 2.91. The predicted molar refractivity (Wildman–Crippen MR) is 196 cm³/mol. The highest BCUT2D eigenvalue weighted by Gasteiger charge is 2.57. The smallest absolute Gasteiger partial charge is 0.111 e. The Labute approximate surface area is 322 Å². The number of alkyl halides is 2. The average molecular weight is 1030 g/mol. The number of halogens is 14. The van der Waals surface area contributed by atoms with E-state index in [9.17, 15) is 0 Å². The number of allylic oxidation sites excluding steroid dienone is 6. The van der Waals surface area contributed by atoms with Gasteiger partial charge in [-0.1, -0.05) is 190 Å². The van der Waals surface area contributed by atoms with Crippen LogP contribution in [-0.2, 0) is 9.49 Å². The zero-order valence-electron chi connectivity index (χ0n) is 18.7. The first-order chi connectivity index (χ1) is 18.6. The Morgan fingerprint density at radius 1 is 0.525 bits per heavy atom. The lowest BCUT2D eigenvalue weighted by atomic mass is 9.90. The Bertz CT molecular complexity index is 1430. The summed E-state index contributed by atoms with van der Waals surface area (Å²) in [6, 6.07) is 11.1. The fraction of sp³-hybridized carbons (Fsp3) is 0.167. The van der Waals surface area contributed by atoms with E-state index >= 15 is 0 Å². The second-order valence-electron chi connectivity index (χ2n) is 8.19. The van der Waals surface area contributed by atoms with Crippen LogP contribution in [0.4, 0.5) is 0 Å². The van der Waals surface area contributed by atoms with Crippen molar-refractivity contribution in [2.24, 2.45) is 0 Å². The van der Waals surface area contributed by atoms with Crippen molar-refractivity contribution in [1.82, 2.24) is 0 Å². The molecule has 2 aliphatic rings. The quantitative estimate of drug-likeness (QED) is 0.216. The first-order valence-corrected chi connectivity index (χ1v) is 19.6. The normalized spacial score (nSPS) is 27.8. The fourth-order valence-corrected chi connectivity index (χ4v) is 15.4. The van der Waals surface area contributed by atoms with Crippen LogP contribution in [0, 0.1) is 0 Å². The van der Waals surface area contributed by atoms with Crippen LogP contribution in [0.5, 0.6) is 0 Å². The minimum absolute atomic E-state index is 0.0544. The molecular weight excluding hydrogens is 1030 g/mol. The zero-order chi connectivity index (χ0) is 29.9. The Kier molecular flexibility index (Phi) is 12.5. The molecule has 16 heteroatoms. The molecule has 0 saturated heterocycles. The van der Waals surface area contributed by atoms with E-state index < -0.39 is 20.2 Å². The van der Waals surface area contributed by atoms with Gasteiger partial charge in [0, 0.05) is 17.9 Å². The summed E-state index contributed by atoms with van der Waals surface area (Å²) < 4.78 is 0.388. The first kappa shape index (κ1) is 35.8. The molecule has 40 heavy (non-hydrogen) atoms. The molecule has 0 heterocycles. The maximum atomic E-state index is 7.11. The Morgan fingerprint density at radius 2 is 0.850 bits per heavy atom. The molecule has 2 aliphatic carbocycles. The van der Waals surface area contributed by atoms with Crippen LogP contribution in [0.2, 0.25) is 0 Å². The summed E-state index contributed by atoms with van der Waals surface area (Å²) in [6.45, 7) is 0. The molecular formula is C24H8Br4Cl10S2. The number of rotatable bonds is 5. The number of hydrogen-bond acceptors (Lipinski definition) is 2. The van der Waals surface area contributed by atoms with Crippen LogP contribution < -0.4 is 0 Å². The Morgan fingerprint density at radius 3 is 1.15 bits per heavy atom. The van der Waals surface area contributed by atoms with Crippen molar-refractivity contribution in [2.75, 3.05) is 0 Å². The molecule has 0 radical (unpaired) electrons. The van der Waals surface area contributed by atoms with Crippen LogP contribution in [0.25, 0.3) is 0 Å². The van der Waals surface area contributed by atoms with Gasteiger partial charge in [-0.15, -0.1) is 23.2 Å². The van der Waals surface area contributed by atoms with Crippen molar-refractivity contribution in [3.05, 3.63) is 106 Å². The van der Waals surface area contributed by atoms with Crippen LogP contribution in [0.1, 0.15) is 11.1 Å². The molecule has 214 valence electrons. The van der Waals surface area contributed by atoms with Crippen molar-refractivity contribution < 1.29 is 0 Å². The predicted octanol–water partition coefficient (Wildman–Crippen LogP) is 15.2. The van der Waals surface area contributed by atoms with Crippen molar-refractivity contribution >= 4 is 201 Å². The molecule has 0 spiro atoms. The summed E-state index contributed by atoms with van der Waals surface area (Å²) in [4.78, 5) is 0. The van der Waals surface area contributed by atoms with E-state index in [1.54, 1.807) is 0 Å². The van der Waals surface area contributed by atoms with Crippen molar-refractivity contribution in [3.8, 4) is 0 Å². The largest absolute Gasteiger partial charge is 0.114 e. The van der Waals surface area contributed by atoms with E-state index in [4.69, 9.17) is 116 Å². The SMILES string of the molecule is ClC1=C(Cl)C(Cl)C(SSC2(c3ccc(Br)cc3Br)C(Cl)=C(Cl)C(Cl)=C(Cl)C2Cl)(c2ccc(Br)cc2Br)C(Cl)=C1Cl. The zero-order valence-corrected chi connectivity index (χ0v) is 34.3. The maximum Gasteiger partial charge on any atom is 0.111 e. The fourth-order valence-electron chi connectivity index (χ4n) is 4.00. The van der Waals surface area contributed by atoms with Gasteiger partial charge in [0.05, 0.1) is 51.0 Å². The molecule has 0 bridgehead atoms. The summed E-state index contributed by atoms with van der Waals surface area (Å²) in [5.41, 5.74) is 1.33. The molecule has 2 aromatic carbocycles. The van der Waals surface area contributed by atoms with E-state index in [0.29, 0.717) is 20.1 Å². The third-order valence-electron chi connectivity index (χ3n) is 5.97. The van der Waals surface area contributed by atoms with Gasteiger partial charge < -0.3 is 0 Å². The van der Waals surface area contributed by atoms with Crippen LogP contribution in [-0.4, -0.2) is 10.8 Å². The number of hydrogen-bond donors (Lipinski definition) is 0. The van der Waals surface area contributed by atoms with Crippen molar-refractivity contribution in [1.29, 1.82) is 0 Å². The van der Waals surface area contributed by atoms with Gasteiger partial charge in [-0.25, -0.2) is 0 Å². The van der Waals surface area contributed by atoms with Crippen LogP contribution in [0.15, 0.2) is 94.5 Å². The summed E-state index contributed by atoms with van der Waals surface area (Å²) in [7, 11) is 2.48. The molecule has 4 unspecified atom stereocenters. The van der Waals surface area contributed by atoms with Gasteiger partial charge >= 0.3 is 0 Å². The lowest BCUT2D eigenvalue weighted by Crippen LogP contribution is -2.40. The first-order valence-electron chi connectivity index (χ1n) is 10.4. The minimum Gasteiger partial charge on any atom is -0.114 e. The van der Waals surface area contributed by atoms with Gasteiger partial charge in [0.2, 0.25) is 0 Å². The molecule has 0 nitrogen and oxygen atoms in total. The molecule has 4 atom stereocenters. The monoisotopic (exact) mass is 1030 g/mol. The standard InChI is InChI=1S/C24H8Br4Cl10S2/c25-7-1-3-9(11(27)5-7)23(19(35)15(31)13(29)16(32)20(23)36)39-40-24(10-4-2-8(26)6-12(10)28)21(37)17(33)14(30)18(34)22(24)38/h1-6,19,21H. The molecule has 4 rings (SSSR count). The van der Waals surface area contributed by atoms with Crippen molar-refractivity contribution in [3.63, 3.8) is 0 Å². The molecule has 0 saturated carbocycles. The highest BCUT2D eigenvalue weighted by atomic mass is 79.9. The van der Waals surface area contributed by atoms with E-state index in [-0.39, 0.29) is 40.3 Å². The van der Waals surface area contributed by atoms with E-state index in [1.807, 2.05) is 36.4 Å². The Balaban J connectivity index is 2.02. The van der Waals surface area contributed by atoms with Gasteiger partial charge in [0.1, 0.15) is 9.49 Å². The highest BCUT2D eigenvalue weighted by molar-refractivity contribution is 9.11. The lowest BCUT2D eigenvalue weighted by Gasteiger charge is -2.45. The van der Waals surface area contributed by atoms with Gasteiger partial charge in [0.15, 0.2) is 0 Å². The second-order valence-corrected chi connectivity index (χ2v) is 18.3. The summed E-state index contributed by atoms with van der Waals surface area (Å²) >= 11 is 82.2. The van der Waals surface area contributed by atoms with Gasteiger partial charge in [0.25, 0.3) is 0 Å². The van der Waals surface area contributed by atoms with Gasteiger partial charge in [-0.05, 0) is 35.4 Å². The Hall–Kier alpha value is 2.92. The highest BCUT2D eigenvalue weighted by Crippen LogP contribution is 2.69. The molecule has 0 amide bonds. The second kappa shape index (κ2) is 14.0. The lowest BCUT2D eigenvalue weighted by molar-refractivity contribution is 0.749. The maximum absolute atomic E-state index is 7.11. The summed E-state index contributed by atoms with van der Waals surface area (Å²) in [5.74, 6) is 0. The topological polar surface area (TPSA) is 0 Å². The van der Waals surface area contributed by atoms with Crippen molar-refractivity contribution in [2.45, 2.75) is 20.2 Å². The third kappa shape index (κ3) is 6.04. The van der Waals surface area contributed by atoms with Crippen LogP contribution >= 0.6 is 201 Å². The third-order valence-corrected chi connectivity index (χ3v) is 17.7. The molecule has 0 aliphatic heterocycles. The summed E-state index contributed by atoms with van der Waals surface area (Å²) in [5, 5.41) is -1.18. The van der Waals surface area contributed by atoms with Gasteiger partial charge in [-0.2, -0.15) is 0 Å². The molecule has 0 N–H and O–H groups in total. The van der Waals surface area contributed by atoms with E-state index in [2.05, 4.69) is 63.7 Å². The van der Waals surface area contributed by atoms with Gasteiger partial charge in [-0.3, -0.25) is 0 Å². The minimum atomic E-state index is -1.30. The molecule has 0 fully saturated rings. The van der Waals surface area contributed by atoms with E-state index in [0.717, 1.165) is 8.95 Å². The van der Waals surface area contributed by atoms with E-state index in [1.165, 1.54) is 21.6 Å².